The summed E-state index contributed by atoms with van der Waals surface area (Å²) in [6.45, 7) is 6.74. The first-order chi connectivity index (χ1) is 13.4. The summed E-state index contributed by atoms with van der Waals surface area (Å²) in [5, 5.41) is 13.4. The maximum absolute atomic E-state index is 12.8. The van der Waals surface area contributed by atoms with Crippen LogP contribution in [0.3, 0.4) is 0 Å². The number of Topliss-reactive ketones (excluding diaryl/α,β-unsaturated/α-hetero) is 1. The number of halogens is 2. The molecule has 148 valence electrons. The molecule has 1 aliphatic heterocycles. The van der Waals surface area contributed by atoms with Crippen molar-refractivity contribution in [2.75, 3.05) is 13.1 Å². The molecule has 0 aromatic heterocycles. The number of hydrogen-bond acceptors (Lipinski definition) is 3. The Labute approximate surface area is 175 Å². The Hall–Kier alpha value is -2.01. The molecule has 0 saturated carbocycles. The zero-order chi connectivity index (χ0) is 20.3. The minimum Gasteiger partial charge on any atom is -0.872 e. The summed E-state index contributed by atoms with van der Waals surface area (Å²) in [5.41, 5.74) is 1.72. The molecule has 0 atom stereocenters. The number of nitrogens with one attached hydrogen (secondary N) is 1. The predicted molar refractivity (Wildman–Crippen MR) is 110 cm³/mol. The van der Waals surface area contributed by atoms with Crippen LogP contribution in [-0.2, 0) is 6.54 Å². The average Bonchev–Trinajstić information content (AvgIpc) is 2.97. The molecule has 0 bridgehead atoms. The van der Waals surface area contributed by atoms with Gasteiger partial charge in [0.05, 0.1) is 28.7 Å². The van der Waals surface area contributed by atoms with Gasteiger partial charge in [-0.15, -0.1) is 0 Å². The molecule has 3 rings (SSSR count). The van der Waals surface area contributed by atoms with Crippen LogP contribution >= 0.6 is 23.2 Å². The molecule has 0 spiro atoms. The van der Waals surface area contributed by atoms with Crippen LogP contribution in [0.25, 0.3) is 6.08 Å². The van der Waals surface area contributed by atoms with Crippen LogP contribution in [-0.4, -0.2) is 18.9 Å². The summed E-state index contributed by atoms with van der Waals surface area (Å²) in [6.07, 6.45) is 3.68. The Morgan fingerprint density at radius 1 is 1.07 bits per heavy atom. The van der Waals surface area contributed by atoms with Crippen molar-refractivity contribution >= 4 is 35.1 Å². The summed E-state index contributed by atoms with van der Waals surface area (Å²) in [6, 6.07) is 8.12. The third-order valence-corrected chi connectivity index (χ3v) is 5.51. The maximum atomic E-state index is 12.8. The molecule has 2 aromatic rings. The normalized spacial score (nSPS) is 14.6. The van der Waals surface area contributed by atoms with E-state index < -0.39 is 0 Å². The molecule has 1 N–H and O–H groups in total. The fourth-order valence-electron chi connectivity index (χ4n) is 3.47. The number of carbonyl (C=O) groups is 1. The Morgan fingerprint density at radius 3 is 2.43 bits per heavy atom. The van der Waals surface area contributed by atoms with Crippen LogP contribution in [0.2, 0.25) is 10.0 Å². The summed E-state index contributed by atoms with van der Waals surface area (Å²) in [4.78, 5) is 14.1. The lowest BCUT2D eigenvalue weighted by Crippen LogP contribution is -3.10. The summed E-state index contributed by atoms with van der Waals surface area (Å²) in [7, 11) is 0. The lowest BCUT2D eigenvalue weighted by Gasteiger charge is -2.23. The molecule has 1 aliphatic rings. The van der Waals surface area contributed by atoms with Gasteiger partial charge in [-0.25, -0.2) is 0 Å². The second kappa shape index (κ2) is 8.99. The van der Waals surface area contributed by atoms with E-state index >= 15 is 0 Å². The van der Waals surface area contributed by atoms with Crippen LogP contribution in [0, 0.1) is 0 Å². The van der Waals surface area contributed by atoms with E-state index in [1.54, 1.807) is 30.3 Å². The second-order valence-corrected chi connectivity index (χ2v) is 7.77. The molecular weight excluding hydrogens is 397 g/mol. The molecule has 2 aromatic carbocycles. The van der Waals surface area contributed by atoms with Crippen molar-refractivity contribution in [3.63, 3.8) is 0 Å². The molecular formula is C22H23Cl2NO3. The van der Waals surface area contributed by atoms with Crippen molar-refractivity contribution in [3.8, 4) is 11.5 Å². The van der Waals surface area contributed by atoms with Gasteiger partial charge >= 0.3 is 0 Å². The minimum absolute atomic E-state index is 0.0907. The van der Waals surface area contributed by atoms with E-state index in [0.717, 1.165) is 25.9 Å². The molecule has 0 aliphatic carbocycles. The molecule has 1 heterocycles. The van der Waals surface area contributed by atoms with Crippen molar-refractivity contribution in [3.05, 3.63) is 62.8 Å². The quantitative estimate of drug-likeness (QED) is 0.692. The van der Waals surface area contributed by atoms with Gasteiger partial charge in [-0.3, -0.25) is 4.79 Å². The number of ether oxygens (including phenoxy) is 1. The summed E-state index contributed by atoms with van der Waals surface area (Å²) in [5.74, 6) is 0.267. The maximum Gasteiger partial charge on any atom is 0.231 e. The van der Waals surface area contributed by atoms with Crippen LogP contribution in [0.15, 0.2) is 36.1 Å². The third-order valence-electron chi connectivity index (χ3n) is 4.77. The van der Waals surface area contributed by atoms with Crippen LogP contribution < -0.4 is 14.7 Å². The van der Waals surface area contributed by atoms with E-state index in [9.17, 15) is 9.90 Å². The molecule has 0 saturated heterocycles. The smallest absolute Gasteiger partial charge is 0.231 e. The van der Waals surface area contributed by atoms with Gasteiger partial charge in [-0.2, -0.15) is 0 Å². The predicted octanol–water partition coefficient (Wildman–Crippen LogP) is 3.89. The van der Waals surface area contributed by atoms with Gasteiger partial charge in [-0.1, -0.05) is 54.9 Å². The topological polar surface area (TPSA) is 53.8 Å². The van der Waals surface area contributed by atoms with Gasteiger partial charge in [-0.05, 0) is 42.7 Å². The number of allylic oxidation sites excluding steroid dienone is 1. The first-order valence-electron chi connectivity index (χ1n) is 9.50. The fraction of sp³-hybridized carbons (Fsp3) is 0.318. The van der Waals surface area contributed by atoms with E-state index in [0.29, 0.717) is 39.0 Å². The summed E-state index contributed by atoms with van der Waals surface area (Å²) < 4.78 is 5.88. The van der Waals surface area contributed by atoms with Gasteiger partial charge in [0, 0.05) is 5.56 Å². The van der Waals surface area contributed by atoms with E-state index in [-0.39, 0.29) is 17.3 Å². The first-order valence-corrected chi connectivity index (χ1v) is 10.3. The van der Waals surface area contributed by atoms with E-state index in [2.05, 4.69) is 13.8 Å². The molecule has 0 fully saturated rings. The first kappa shape index (κ1) is 20.7. The standard InChI is InChI=1S/C22H23Cl2NO3/c1-3-9-25(10-4-2)13-16-19(26)8-6-15-21(27)20(28-22(15)16)12-14-5-7-17(23)18(24)11-14/h5-8,11-12,26H,3-4,9-10,13H2,1-2H3/b20-12-. The molecule has 0 amide bonds. The lowest BCUT2D eigenvalue weighted by atomic mass is 10.0. The van der Waals surface area contributed by atoms with E-state index in [4.69, 9.17) is 27.9 Å². The zero-order valence-electron chi connectivity index (χ0n) is 16.0. The van der Waals surface area contributed by atoms with E-state index in [1.807, 2.05) is 0 Å². The van der Waals surface area contributed by atoms with Crippen molar-refractivity contribution in [1.29, 1.82) is 0 Å². The largest absolute Gasteiger partial charge is 0.872 e. The van der Waals surface area contributed by atoms with Gasteiger partial charge in [0.25, 0.3) is 0 Å². The highest BCUT2D eigenvalue weighted by Gasteiger charge is 2.31. The highest BCUT2D eigenvalue weighted by atomic mass is 35.5. The number of fused-ring (bicyclic) bond motifs is 1. The second-order valence-electron chi connectivity index (χ2n) is 6.96. The van der Waals surface area contributed by atoms with Gasteiger partial charge in [0.1, 0.15) is 12.3 Å². The Kier molecular flexibility index (Phi) is 6.65. The van der Waals surface area contributed by atoms with Crippen molar-refractivity contribution in [2.45, 2.75) is 33.2 Å². The number of ketones is 1. The zero-order valence-corrected chi connectivity index (χ0v) is 17.5. The summed E-state index contributed by atoms with van der Waals surface area (Å²) >= 11 is 12.0. The molecule has 4 nitrogen and oxygen atoms in total. The van der Waals surface area contributed by atoms with Crippen molar-refractivity contribution in [1.82, 2.24) is 0 Å². The number of quaternary nitrogens is 1. The Balaban J connectivity index is 1.94. The molecule has 0 unspecified atom stereocenters. The van der Waals surface area contributed by atoms with Gasteiger partial charge in [0.15, 0.2) is 5.76 Å². The van der Waals surface area contributed by atoms with E-state index in [1.165, 1.54) is 11.0 Å². The average molecular weight is 420 g/mol. The molecule has 6 heteroatoms. The Morgan fingerprint density at radius 2 is 1.79 bits per heavy atom. The number of rotatable bonds is 7. The molecule has 0 radical (unpaired) electrons. The number of hydrogen-bond donors (Lipinski definition) is 1. The van der Waals surface area contributed by atoms with Crippen molar-refractivity contribution < 1.29 is 19.5 Å². The van der Waals surface area contributed by atoms with Crippen molar-refractivity contribution in [2.24, 2.45) is 0 Å². The third kappa shape index (κ3) is 4.35. The Bertz CT molecular complexity index is 918. The minimum atomic E-state index is -0.227. The lowest BCUT2D eigenvalue weighted by molar-refractivity contribution is -0.914. The van der Waals surface area contributed by atoms with Gasteiger partial charge in [0.2, 0.25) is 5.78 Å². The highest BCUT2D eigenvalue weighted by molar-refractivity contribution is 6.42. The van der Waals surface area contributed by atoms with Crippen LogP contribution in [0.1, 0.15) is 48.2 Å². The van der Waals surface area contributed by atoms with Crippen LogP contribution in [0.5, 0.6) is 11.5 Å². The van der Waals surface area contributed by atoms with Gasteiger partial charge < -0.3 is 14.7 Å². The fourth-order valence-corrected chi connectivity index (χ4v) is 3.78. The van der Waals surface area contributed by atoms with Crippen LogP contribution in [0.4, 0.5) is 0 Å². The number of benzene rings is 2. The SMILES string of the molecule is CCC[NH+](CCC)Cc1c([O-])ccc2c1O/C(=C\c1ccc(Cl)c(Cl)c1)C2=O. The molecule has 28 heavy (non-hydrogen) atoms. The highest BCUT2D eigenvalue weighted by Crippen LogP contribution is 2.38. The number of carbonyl (C=O) groups excluding carboxylic acids is 1. The monoisotopic (exact) mass is 419 g/mol.